The van der Waals surface area contributed by atoms with Crippen LogP contribution >= 0.6 is 11.6 Å². The fraction of sp³-hybridized carbons (Fsp3) is 0.533. The highest BCUT2D eigenvalue weighted by atomic mass is 35.5. The first-order chi connectivity index (χ1) is 10.1. The molecule has 21 heavy (non-hydrogen) atoms. The molecule has 6 heteroatoms. The van der Waals surface area contributed by atoms with E-state index >= 15 is 0 Å². The monoisotopic (exact) mass is 312 g/mol. The molecule has 1 saturated heterocycles. The Hall–Kier alpha value is -1.30. The normalized spacial score (nSPS) is 19.3. The molecule has 1 atom stereocenters. The van der Waals surface area contributed by atoms with Gasteiger partial charge >= 0.3 is 0 Å². The highest BCUT2D eigenvalue weighted by Crippen LogP contribution is 2.22. The highest BCUT2D eigenvalue weighted by Gasteiger charge is 2.24. The molecule has 1 heterocycles. The molecule has 1 aliphatic heterocycles. The van der Waals surface area contributed by atoms with Crippen molar-refractivity contribution in [3.05, 3.63) is 28.8 Å². The molecule has 116 valence electrons. The molecular weight excluding hydrogens is 292 g/mol. The van der Waals surface area contributed by atoms with Gasteiger partial charge in [0.15, 0.2) is 0 Å². The van der Waals surface area contributed by atoms with Gasteiger partial charge in [0.2, 0.25) is 5.91 Å². The van der Waals surface area contributed by atoms with Gasteiger partial charge in [0.05, 0.1) is 13.7 Å². The van der Waals surface area contributed by atoms with Crippen molar-refractivity contribution in [1.82, 2.24) is 10.2 Å². The fourth-order valence-electron chi connectivity index (χ4n) is 2.23. The summed E-state index contributed by atoms with van der Waals surface area (Å²) in [6.45, 7) is 2.63. The first-order valence-electron chi connectivity index (χ1n) is 7.00. The van der Waals surface area contributed by atoms with Crippen molar-refractivity contribution in [3.63, 3.8) is 0 Å². The SMILES string of the molecule is COc1ccc(CCNC(=O)[C@@H]2CN(C)CCO2)c(Cl)c1. The topological polar surface area (TPSA) is 50.8 Å². The van der Waals surface area contributed by atoms with Crippen LogP contribution in [0.3, 0.4) is 0 Å². The van der Waals surface area contributed by atoms with E-state index in [0.29, 0.717) is 31.1 Å². The molecule has 0 aromatic heterocycles. The van der Waals surface area contributed by atoms with Crippen molar-refractivity contribution < 1.29 is 14.3 Å². The van der Waals surface area contributed by atoms with Gasteiger partial charge in [-0.05, 0) is 31.2 Å². The van der Waals surface area contributed by atoms with Gasteiger partial charge in [0.25, 0.3) is 0 Å². The van der Waals surface area contributed by atoms with Gasteiger partial charge in [-0.1, -0.05) is 17.7 Å². The van der Waals surface area contributed by atoms with Crippen LogP contribution in [0.25, 0.3) is 0 Å². The molecule has 1 aromatic rings. The van der Waals surface area contributed by atoms with E-state index < -0.39 is 0 Å². The van der Waals surface area contributed by atoms with E-state index in [1.165, 1.54) is 0 Å². The standard InChI is InChI=1S/C15H21ClN2O3/c1-18-7-8-21-14(10-18)15(19)17-6-5-11-3-4-12(20-2)9-13(11)16/h3-4,9,14H,5-8,10H2,1-2H3,(H,17,19)/t14-/m0/s1. The zero-order valence-corrected chi connectivity index (χ0v) is 13.2. The summed E-state index contributed by atoms with van der Waals surface area (Å²) in [6.07, 6.45) is 0.298. The maximum absolute atomic E-state index is 12.0. The third-order valence-electron chi connectivity index (χ3n) is 3.52. The molecule has 0 unspecified atom stereocenters. The van der Waals surface area contributed by atoms with E-state index in [4.69, 9.17) is 21.1 Å². The molecule has 1 fully saturated rings. The number of ether oxygens (including phenoxy) is 2. The van der Waals surface area contributed by atoms with Crippen molar-refractivity contribution in [1.29, 1.82) is 0 Å². The van der Waals surface area contributed by atoms with Crippen molar-refractivity contribution >= 4 is 17.5 Å². The summed E-state index contributed by atoms with van der Waals surface area (Å²) in [7, 11) is 3.59. The number of rotatable bonds is 5. The van der Waals surface area contributed by atoms with Crippen LogP contribution in [-0.2, 0) is 16.0 Å². The Balaban J connectivity index is 1.79. The molecule has 0 aliphatic carbocycles. The first-order valence-corrected chi connectivity index (χ1v) is 7.38. The number of carbonyl (C=O) groups excluding carboxylic acids is 1. The molecule has 0 spiro atoms. The second-order valence-corrected chi connectivity index (χ2v) is 5.53. The van der Waals surface area contributed by atoms with Crippen LogP contribution in [0.5, 0.6) is 5.75 Å². The minimum Gasteiger partial charge on any atom is -0.497 e. The summed E-state index contributed by atoms with van der Waals surface area (Å²) in [5, 5.41) is 3.55. The number of halogens is 1. The second kappa shape index (κ2) is 7.64. The number of nitrogens with zero attached hydrogens (tertiary/aromatic N) is 1. The van der Waals surface area contributed by atoms with Gasteiger partial charge in [0, 0.05) is 24.7 Å². The molecule has 5 nitrogen and oxygen atoms in total. The Morgan fingerprint density at radius 2 is 2.38 bits per heavy atom. The third kappa shape index (κ3) is 4.59. The first kappa shape index (κ1) is 16.1. The summed E-state index contributed by atoms with van der Waals surface area (Å²) < 4.78 is 10.6. The smallest absolute Gasteiger partial charge is 0.250 e. The zero-order valence-electron chi connectivity index (χ0n) is 12.4. The quantitative estimate of drug-likeness (QED) is 0.891. The third-order valence-corrected chi connectivity index (χ3v) is 3.87. The lowest BCUT2D eigenvalue weighted by Gasteiger charge is -2.29. The van der Waals surface area contributed by atoms with Crippen LogP contribution in [0.1, 0.15) is 5.56 Å². The zero-order chi connectivity index (χ0) is 15.2. The van der Waals surface area contributed by atoms with E-state index in [1.807, 2.05) is 19.2 Å². The van der Waals surface area contributed by atoms with Crippen molar-refractivity contribution in [3.8, 4) is 5.75 Å². The van der Waals surface area contributed by atoms with Crippen LogP contribution in [0.2, 0.25) is 5.02 Å². The minimum absolute atomic E-state index is 0.0637. The number of hydrogen-bond donors (Lipinski definition) is 1. The maximum atomic E-state index is 12.0. The van der Waals surface area contributed by atoms with Crippen LogP contribution in [-0.4, -0.2) is 57.3 Å². The average Bonchev–Trinajstić information content (AvgIpc) is 2.48. The molecule has 0 saturated carbocycles. The molecule has 1 amide bonds. The molecule has 0 radical (unpaired) electrons. The molecular formula is C15H21ClN2O3. The largest absolute Gasteiger partial charge is 0.497 e. The van der Waals surface area contributed by atoms with E-state index in [1.54, 1.807) is 13.2 Å². The van der Waals surface area contributed by atoms with Crippen molar-refractivity contribution in [2.24, 2.45) is 0 Å². The van der Waals surface area contributed by atoms with Gasteiger partial charge in [0.1, 0.15) is 11.9 Å². The predicted octanol–water partition coefficient (Wildman–Crippen LogP) is 1.34. The Morgan fingerprint density at radius 1 is 1.57 bits per heavy atom. The lowest BCUT2D eigenvalue weighted by atomic mass is 10.1. The minimum atomic E-state index is -0.380. The molecule has 1 aromatic carbocycles. The molecule has 0 bridgehead atoms. The van der Waals surface area contributed by atoms with Gasteiger partial charge in [-0.2, -0.15) is 0 Å². The van der Waals surface area contributed by atoms with Crippen molar-refractivity contribution in [2.75, 3.05) is 40.4 Å². The predicted molar refractivity (Wildman–Crippen MR) is 82.0 cm³/mol. The molecule has 1 N–H and O–H groups in total. The molecule has 2 rings (SSSR count). The summed E-state index contributed by atoms with van der Waals surface area (Å²) in [5.41, 5.74) is 0.986. The Bertz CT molecular complexity index is 496. The Morgan fingerprint density at radius 3 is 3.05 bits per heavy atom. The van der Waals surface area contributed by atoms with Crippen LogP contribution in [0.4, 0.5) is 0 Å². The van der Waals surface area contributed by atoms with E-state index in [-0.39, 0.29) is 12.0 Å². The lowest BCUT2D eigenvalue weighted by molar-refractivity contribution is -0.137. The fourth-order valence-corrected chi connectivity index (χ4v) is 2.49. The Labute approximate surface area is 130 Å². The van der Waals surface area contributed by atoms with Gasteiger partial charge in [-0.3, -0.25) is 4.79 Å². The summed E-state index contributed by atoms with van der Waals surface area (Å²) in [4.78, 5) is 14.1. The number of likely N-dealkylation sites (N-methyl/N-ethyl adjacent to an activating group) is 1. The maximum Gasteiger partial charge on any atom is 0.250 e. The number of methoxy groups -OCH3 is 1. The molecule has 1 aliphatic rings. The summed E-state index contributed by atoms with van der Waals surface area (Å²) >= 11 is 6.17. The summed E-state index contributed by atoms with van der Waals surface area (Å²) in [5.74, 6) is 0.664. The highest BCUT2D eigenvalue weighted by molar-refractivity contribution is 6.31. The van der Waals surface area contributed by atoms with E-state index in [2.05, 4.69) is 10.2 Å². The number of carbonyl (C=O) groups is 1. The van der Waals surface area contributed by atoms with E-state index in [9.17, 15) is 4.79 Å². The number of hydrogen-bond acceptors (Lipinski definition) is 4. The van der Waals surface area contributed by atoms with Crippen LogP contribution in [0, 0.1) is 0 Å². The average molecular weight is 313 g/mol. The van der Waals surface area contributed by atoms with Gasteiger partial charge in [-0.25, -0.2) is 0 Å². The lowest BCUT2D eigenvalue weighted by Crippen LogP contribution is -2.48. The van der Waals surface area contributed by atoms with Crippen LogP contribution < -0.4 is 10.1 Å². The number of amides is 1. The van der Waals surface area contributed by atoms with E-state index in [0.717, 1.165) is 17.9 Å². The van der Waals surface area contributed by atoms with Gasteiger partial charge < -0.3 is 19.7 Å². The number of morpholine rings is 1. The second-order valence-electron chi connectivity index (χ2n) is 5.12. The Kier molecular flexibility index (Phi) is 5.85. The number of nitrogens with one attached hydrogen (secondary N) is 1. The van der Waals surface area contributed by atoms with Crippen LogP contribution in [0.15, 0.2) is 18.2 Å². The number of benzene rings is 1. The summed E-state index contributed by atoms with van der Waals surface area (Å²) in [6, 6.07) is 5.55. The van der Waals surface area contributed by atoms with Gasteiger partial charge in [-0.15, -0.1) is 0 Å². The van der Waals surface area contributed by atoms with Crippen molar-refractivity contribution in [2.45, 2.75) is 12.5 Å².